The molecule has 0 aliphatic rings. The number of carbonyl (C=O) groups excluding carboxylic acids is 2. The summed E-state index contributed by atoms with van der Waals surface area (Å²) in [5, 5.41) is 7.49. The summed E-state index contributed by atoms with van der Waals surface area (Å²) in [7, 11) is 0. The number of benzene rings is 3. The Morgan fingerprint density at radius 3 is 2.24 bits per heavy atom. The Morgan fingerprint density at radius 2 is 1.52 bits per heavy atom. The zero-order chi connectivity index (χ0) is 20.8. The lowest BCUT2D eigenvalue weighted by Crippen LogP contribution is -2.19. The Hall–Kier alpha value is -2.96. The Kier molecular flexibility index (Phi) is 6.80. The molecule has 3 rings (SSSR count). The first-order valence-electron chi connectivity index (χ1n) is 8.70. The molecule has 7 heteroatoms. The van der Waals surface area contributed by atoms with Crippen LogP contribution in [0.3, 0.4) is 0 Å². The highest BCUT2D eigenvalue weighted by molar-refractivity contribution is 9.10. The predicted octanol–water partition coefficient (Wildman–Crippen LogP) is 5.51. The average Bonchev–Trinajstić information content (AvgIpc) is 2.72. The van der Waals surface area contributed by atoms with Crippen molar-refractivity contribution in [3.8, 4) is 0 Å². The van der Waals surface area contributed by atoms with Crippen LogP contribution in [0.4, 0.5) is 5.69 Å². The van der Waals surface area contributed by atoms with Crippen molar-refractivity contribution in [2.75, 3.05) is 5.32 Å². The molecule has 5 nitrogen and oxygen atoms in total. The zero-order valence-corrected chi connectivity index (χ0v) is 17.8. The number of carbonyl (C=O) groups is 2. The van der Waals surface area contributed by atoms with Crippen molar-refractivity contribution in [3.05, 3.63) is 99.0 Å². The number of rotatable bonds is 5. The van der Waals surface area contributed by atoms with E-state index in [1.54, 1.807) is 67.6 Å². The molecule has 0 fully saturated rings. The van der Waals surface area contributed by atoms with E-state index in [9.17, 15) is 9.59 Å². The Labute approximate surface area is 181 Å². The molecule has 3 aromatic rings. The SMILES string of the molecule is CC(=NNC(=O)c1cccc(Br)c1)c1cccc(NC(=O)c2cccc(Cl)c2)c1. The van der Waals surface area contributed by atoms with E-state index < -0.39 is 0 Å². The van der Waals surface area contributed by atoms with E-state index in [-0.39, 0.29) is 11.8 Å². The molecule has 29 heavy (non-hydrogen) atoms. The molecule has 0 bridgehead atoms. The molecule has 0 aliphatic carbocycles. The first kappa shape index (κ1) is 20.8. The average molecular weight is 471 g/mol. The maximum Gasteiger partial charge on any atom is 0.271 e. The van der Waals surface area contributed by atoms with Gasteiger partial charge in [-0.1, -0.05) is 51.8 Å². The monoisotopic (exact) mass is 469 g/mol. The van der Waals surface area contributed by atoms with Crippen LogP contribution in [0.15, 0.2) is 82.4 Å². The van der Waals surface area contributed by atoms with E-state index >= 15 is 0 Å². The van der Waals surface area contributed by atoms with Gasteiger partial charge in [-0.25, -0.2) is 5.43 Å². The van der Waals surface area contributed by atoms with Gasteiger partial charge >= 0.3 is 0 Å². The third-order valence-corrected chi connectivity index (χ3v) is 4.77. The molecule has 0 saturated carbocycles. The maximum atomic E-state index is 12.4. The normalized spacial score (nSPS) is 11.1. The first-order chi connectivity index (χ1) is 13.9. The number of hydrogen-bond donors (Lipinski definition) is 2. The summed E-state index contributed by atoms with van der Waals surface area (Å²) in [5.74, 6) is -0.571. The lowest BCUT2D eigenvalue weighted by molar-refractivity contribution is 0.0954. The standard InChI is InChI=1S/C22H17BrClN3O2/c1-14(26-27-22(29)16-6-2-8-18(23)11-16)15-5-4-10-20(13-15)25-21(28)17-7-3-9-19(24)12-17/h2-13H,1H3,(H,25,28)(H,27,29). The second-order valence-corrected chi connectivity index (χ2v) is 7.55. The van der Waals surface area contributed by atoms with Crippen molar-refractivity contribution in [1.82, 2.24) is 5.43 Å². The van der Waals surface area contributed by atoms with Crippen LogP contribution in [0.2, 0.25) is 5.02 Å². The van der Waals surface area contributed by atoms with Crippen LogP contribution in [-0.2, 0) is 0 Å². The molecule has 146 valence electrons. The highest BCUT2D eigenvalue weighted by atomic mass is 79.9. The fourth-order valence-corrected chi connectivity index (χ4v) is 3.14. The Morgan fingerprint density at radius 1 is 0.862 bits per heavy atom. The molecule has 2 amide bonds. The molecule has 0 unspecified atom stereocenters. The molecule has 0 atom stereocenters. The number of hydrazone groups is 1. The van der Waals surface area contributed by atoms with Gasteiger partial charge < -0.3 is 5.32 Å². The maximum absolute atomic E-state index is 12.4. The van der Waals surface area contributed by atoms with Gasteiger partial charge in [-0.05, 0) is 61.0 Å². The second kappa shape index (κ2) is 9.49. The van der Waals surface area contributed by atoms with Gasteiger partial charge in [0.15, 0.2) is 0 Å². The zero-order valence-electron chi connectivity index (χ0n) is 15.4. The van der Waals surface area contributed by atoms with E-state index in [1.165, 1.54) is 0 Å². The lowest BCUT2D eigenvalue weighted by Gasteiger charge is -2.08. The van der Waals surface area contributed by atoms with Crippen molar-refractivity contribution < 1.29 is 9.59 Å². The Bertz CT molecular complexity index is 1100. The fourth-order valence-electron chi connectivity index (χ4n) is 2.55. The van der Waals surface area contributed by atoms with Crippen LogP contribution in [0.25, 0.3) is 0 Å². The second-order valence-electron chi connectivity index (χ2n) is 6.19. The van der Waals surface area contributed by atoms with Crippen LogP contribution in [0.1, 0.15) is 33.2 Å². The molecule has 2 N–H and O–H groups in total. The van der Waals surface area contributed by atoms with Crippen LogP contribution in [-0.4, -0.2) is 17.5 Å². The summed E-state index contributed by atoms with van der Waals surface area (Å²) >= 11 is 9.28. The van der Waals surface area contributed by atoms with Crippen molar-refractivity contribution in [2.45, 2.75) is 6.92 Å². The van der Waals surface area contributed by atoms with E-state index in [4.69, 9.17) is 11.6 Å². The van der Waals surface area contributed by atoms with Crippen molar-refractivity contribution >= 4 is 50.7 Å². The summed E-state index contributed by atoms with van der Waals surface area (Å²) < 4.78 is 0.814. The predicted molar refractivity (Wildman–Crippen MR) is 120 cm³/mol. The van der Waals surface area contributed by atoms with Gasteiger partial charge in [0.1, 0.15) is 0 Å². The number of nitrogens with zero attached hydrogens (tertiary/aromatic N) is 1. The quantitative estimate of drug-likeness (QED) is 0.381. The van der Waals surface area contributed by atoms with Crippen molar-refractivity contribution in [2.24, 2.45) is 5.10 Å². The minimum atomic E-state index is -0.309. The van der Waals surface area contributed by atoms with Crippen molar-refractivity contribution in [3.63, 3.8) is 0 Å². The van der Waals surface area contributed by atoms with E-state index in [2.05, 4.69) is 31.8 Å². The first-order valence-corrected chi connectivity index (χ1v) is 9.87. The topological polar surface area (TPSA) is 70.6 Å². The Balaban J connectivity index is 1.70. The highest BCUT2D eigenvalue weighted by Crippen LogP contribution is 2.16. The number of anilines is 1. The highest BCUT2D eigenvalue weighted by Gasteiger charge is 2.09. The van der Waals surface area contributed by atoms with Crippen LogP contribution in [0, 0.1) is 0 Å². The largest absolute Gasteiger partial charge is 0.322 e. The number of hydrogen-bond acceptors (Lipinski definition) is 3. The molecule has 0 spiro atoms. The summed E-state index contributed by atoms with van der Waals surface area (Å²) in [5.41, 5.74) is 5.49. The van der Waals surface area contributed by atoms with Gasteiger partial charge in [0.05, 0.1) is 5.71 Å². The van der Waals surface area contributed by atoms with Crippen molar-refractivity contribution in [1.29, 1.82) is 0 Å². The molecule has 0 heterocycles. The molecule has 0 saturated heterocycles. The molecule has 0 aromatic heterocycles. The summed E-state index contributed by atoms with van der Waals surface area (Å²) in [4.78, 5) is 24.6. The third kappa shape index (κ3) is 5.76. The van der Waals surface area contributed by atoms with Gasteiger partial charge in [-0.3, -0.25) is 9.59 Å². The van der Waals surface area contributed by atoms with Crippen LogP contribution >= 0.6 is 27.5 Å². The van der Waals surface area contributed by atoms with Gasteiger partial charge in [-0.2, -0.15) is 5.10 Å². The minimum absolute atomic E-state index is 0.262. The molecule has 0 radical (unpaired) electrons. The van der Waals surface area contributed by atoms with Gasteiger partial charge in [0.25, 0.3) is 11.8 Å². The minimum Gasteiger partial charge on any atom is -0.322 e. The summed E-state index contributed by atoms with van der Waals surface area (Å²) in [6.07, 6.45) is 0. The summed E-state index contributed by atoms with van der Waals surface area (Å²) in [6.45, 7) is 1.78. The van der Waals surface area contributed by atoms with Gasteiger partial charge in [0, 0.05) is 26.3 Å². The fraction of sp³-hybridized carbons (Fsp3) is 0.0455. The molecule has 3 aromatic carbocycles. The van der Waals surface area contributed by atoms with Crippen LogP contribution < -0.4 is 10.7 Å². The molecular formula is C22H17BrClN3O2. The summed E-state index contributed by atoms with van der Waals surface area (Å²) in [6, 6.07) is 21.0. The van der Waals surface area contributed by atoms with E-state index in [0.717, 1.165) is 10.0 Å². The third-order valence-electron chi connectivity index (χ3n) is 4.04. The number of halogens is 2. The van der Waals surface area contributed by atoms with E-state index in [1.807, 2.05) is 12.1 Å². The van der Waals surface area contributed by atoms with Gasteiger partial charge in [0.2, 0.25) is 0 Å². The molecule has 0 aliphatic heterocycles. The number of nitrogens with one attached hydrogen (secondary N) is 2. The van der Waals surface area contributed by atoms with Gasteiger partial charge in [-0.15, -0.1) is 0 Å². The van der Waals surface area contributed by atoms with E-state index in [0.29, 0.717) is 27.5 Å². The number of amides is 2. The molecular weight excluding hydrogens is 454 g/mol. The van der Waals surface area contributed by atoms with Crippen LogP contribution in [0.5, 0.6) is 0 Å². The lowest BCUT2D eigenvalue weighted by atomic mass is 10.1. The smallest absolute Gasteiger partial charge is 0.271 e.